The van der Waals surface area contributed by atoms with E-state index in [4.69, 9.17) is 0 Å². The molecule has 3 aromatic heterocycles. The van der Waals surface area contributed by atoms with Gasteiger partial charge >= 0.3 is 0 Å². The number of thiazole rings is 1. The van der Waals surface area contributed by atoms with Crippen molar-refractivity contribution in [2.45, 2.75) is 49.6 Å². The summed E-state index contributed by atoms with van der Waals surface area (Å²) >= 11 is 4.96. The molecule has 1 aliphatic carbocycles. The van der Waals surface area contributed by atoms with Crippen molar-refractivity contribution in [2.24, 2.45) is 0 Å². The smallest absolute Gasteiger partial charge is 0.231 e. The molecule has 0 bridgehead atoms. The summed E-state index contributed by atoms with van der Waals surface area (Å²) in [5, 5.41) is 17.8. The minimum Gasteiger partial charge on any atom is -0.326 e. The lowest BCUT2D eigenvalue weighted by Crippen LogP contribution is -2.14. The van der Waals surface area contributed by atoms with E-state index in [-0.39, 0.29) is 12.3 Å². The standard InChI is InChI=1S/C23H23N5OS3/c1-15-4-6-16(7-5-15)24-21(29)12-22-25-17(13-31-22)14-32-23-27-26-20(28(23)18-8-9-18)11-19-3-2-10-30-19/h2-7,10,13,18H,8-9,11-12,14H2,1H3,(H,24,29). The van der Waals surface area contributed by atoms with Gasteiger partial charge in [-0.3, -0.25) is 4.79 Å². The van der Waals surface area contributed by atoms with Gasteiger partial charge in [0, 0.05) is 34.2 Å². The molecule has 1 aromatic carbocycles. The molecule has 32 heavy (non-hydrogen) atoms. The number of nitrogens with one attached hydrogen (secondary N) is 1. The Balaban J connectivity index is 1.19. The topological polar surface area (TPSA) is 72.7 Å². The molecule has 164 valence electrons. The molecule has 0 unspecified atom stereocenters. The van der Waals surface area contributed by atoms with E-state index >= 15 is 0 Å². The summed E-state index contributed by atoms with van der Waals surface area (Å²) in [7, 11) is 0. The van der Waals surface area contributed by atoms with Crippen LogP contribution in [0, 0.1) is 6.92 Å². The Bertz CT molecular complexity index is 1190. The summed E-state index contributed by atoms with van der Waals surface area (Å²) in [5.74, 6) is 1.72. The summed E-state index contributed by atoms with van der Waals surface area (Å²) in [6.45, 7) is 2.03. The maximum atomic E-state index is 12.3. The first-order chi connectivity index (χ1) is 15.6. The molecule has 6 nitrogen and oxygen atoms in total. The van der Waals surface area contributed by atoms with Crippen LogP contribution in [0.5, 0.6) is 0 Å². The van der Waals surface area contributed by atoms with Crippen LogP contribution in [0.1, 0.15) is 45.9 Å². The molecular weight excluding hydrogens is 458 g/mol. The Kier molecular flexibility index (Phi) is 6.38. The Hall–Kier alpha value is -2.49. The Morgan fingerprint density at radius 2 is 2.03 bits per heavy atom. The highest BCUT2D eigenvalue weighted by Crippen LogP contribution is 2.39. The molecule has 1 N–H and O–H groups in total. The molecule has 0 saturated heterocycles. The van der Waals surface area contributed by atoms with Crippen molar-refractivity contribution in [1.82, 2.24) is 19.7 Å². The quantitative estimate of drug-likeness (QED) is 0.319. The van der Waals surface area contributed by atoms with Crippen LogP contribution in [0.15, 0.2) is 52.3 Å². The highest BCUT2D eigenvalue weighted by Gasteiger charge is 2.29. The summed E-state index contributed by atoms with van der Waals surface area (Å²) in [6.07, 6.45) is 3.51. The van der Waals surface area contributed by atoms with Gasteiger partial charge in [-0.1, -0.05) is 35.5 Å². The molecule has 0 aliphatic heterocycles. The maximum absolute atomic E-state index is 12.3. The first-order valence-electron chi connectivity index (χ1n) is 10.5. The number of amides is 1. The normalized spacial score (nSPS) is 13.4. The Morgan fingerprint density at radius 1 is 1.19 bits per heavy atom. The molecule has 0 radical (unpaired) electrons. The van der Waals surface area contributed by atoms with Gasteiger partial charge in [-0.15, -0.1) is 32.9 Å². The van der Waals surface area contributed by atoms with Crippen molar-refractivity contribution in [3.63, 3.8) is 0 Å². The van der Waals surface area contributed by atoms with E-state index < -0.39 is 0 Å². The number of carbonyl (C=O) groups is 1. The number of anilines is 1. The summed E-state index contributed by atoms with van der Waals surface area (Å²) in [5.41, 5.74) is 2.95. The molecule has 4 aromatic rings. The third-order valence-electron chi connectivity index (χ3n) is 5.16. The average Bonchev–Trinajstić information content (AvgIpc) is 3.14. The number of thiophene rings is 1. The van der Waals surface area contributed by atoms with E-state index in [1.165, 1.54) is 34.6 Å². The molecule has 1 fully saturated rings. The molecule has 1 amide bonds. The van der Waals surface area contributed by atoms with Crippen molar-refractivity contribution < 1.29 is 4.79 Å². The van der Waals surface area contributed by atoms with Crippen molar-refractivity contribution in [3.8, 4) is 0 Å². The van der Waals surface area contributed by atoms with Gasteiger partial charge in [0.25, 0.3) is 0 Å². The zero-order valence-corrected chi connectivity index (χ0v) is 20.1. The summed E-state index contributed by atoms with van der Waals surface area (Å²) in [6, 6.07) is 12.6. The number of hydrogen-bond donors (Lipinski definition) is 1. The van der Waals surface area contributed by atoms with Crippen LogP contribution in [-0.4, -0.2) is 25.7 Å². The fourth-order valence-corrected chi connectivity index (χ4v) is 5.93. The van der Waals surface area contributed by atoms with Gasteiger partial charge in [0.15, 0.2) is 5.16 Å². The van der Waals surface area contributed by atoms with Crippen LogP contribution in [0.2, 0.25) is 0 Å². The van der Waals surface area contributed by atoms with Gasteiger partial charge in [-0.2, -0.15) is 0 Å². The number of hydrogen-bond acceptors (Lipinski definition) is 7. The molecule has 3 heterocycles. The van der Waals surface area contributed by atoms with Gasteiger partial charge in [-0.05, 0) is 43.3 Å². The monoisotopic (exact) mass is 481 g/mol. The Morgan fingerprint density at radius 3 is 2.78 bits per heavy atom. The van der Waals surface area contributed by atoms with E-state index in [0.717, 1.165) is 39.5 Å². The predicted molar refractivity (Wildman–Crippen MR) is 131 cm³/mol. The second kappa shape index (κ2) is 9.56. The van der Waals surface area contributed by atoms with Crippen LogP contribution in [-0.2, 0) is 23.4 Å². The van der Waals surface area contributed by atoms with E-state index in [9.17, 15) is 4.79 Å². The van der Waals surface area contributed by atoms with Crippen LogP contribution < -0.4 is 5.32 Å². The van der Waals surface area contributed by atoms with Crippen LogP contribution >= 0.6 is 34.4 Å². The number of thioether (sulfide) groups is 1. The van der Waals surface area contributed by atoms with E-state index in [0.29, 0.717) is 6.04 Å². The van der Waals surface area contributed by atoms with Crippen molar-refractivity contribution in [2.75, 3.05) is 5.32 Å². The van der Waals surface area contributed by atoms with E-state index in [1.54, 1.807) is 23.1 Å². The number of benzene rings is 1. The third-order valence-corrected chi connectivity index (χ3v) is 7.91. The van der Waals surface area contributed by atoms with Crippen molar-refractivity contribution in [1.29, 1.82) is 0 Å². The van der Waals surface area contributed by atoms with Crippen LogP contribution in [0.3, 0.4) is 0 Å². The number of aromatic nitrogens is 4. The fraction of sp³-hybridized carbons (Fsp3) is 0.304. The van der Waals surface area contributed by atoms with Crippen molar-refractivity contribution >= 4 is 46.0 Å². The highest BCUT2D eigenvalue weighted by molar-refractivity contribution is 7.98. The lowest BCUT2D eigenvalue weighted by molar-refractivity contribution is -0.115. The molecule has 0 spiro atoms. The molecule has 5 rings (SSSR count). The SMILES string of the molecule is Cc1ccc(NC(=O)Cc2nc(CSc3nnc(Cc4cccs4)n3C3CC3)cs2)cc1. The molecule has 0 atom stereocenters. The average molecular weight is 482 g/mol. The van der Waals surface area contributed by atoms with Gasteiger partial charge in [0.05, 0.1) is 12.1 Å². The first-order valence-corrected chi connectivity index (χ1v) is 13.3. The van der Waals surface area contributed by atoms with E-state index in [2.05, 4.69) is 42.6 Å². The summed E-state index contributed by atoms with van der Waals surface area (Å²) in [4.78, 5) is 18.3. The zero-order valence-electron chi connectivity index (χ0n) is 17.7. The van der Waals surface area contributed by atoms with Gasteiger partial charge in [-0.25, -0.2) is 4.98 Å². The minimum absolute atomic E-state index is 0.0471. The van der Waals surface area contributed by atoms with Crippen LogP contribution in [0.25, 0.3) is 0 Å². The van der Waals surface area contributed by atoms with Gasteiger partial charge < -0.3 is 9.88 Å². The number of nitrogens with zero attached hydrogens (tertiary/aromatic N) is 4. The third kappa shape index (κ3) is 5.28. The second-order valence-electron chi connectivity index (χ2n) is 7.87. The largest absolute Gasteiger partial charge is 0.326 e. The number of carbonyl (C=O) groups excluding carboxylic acids is 1. The van der Waals surface area contributed by atoms with Crippen molar-refractivity contribution in [3.05, 3.63) is 74.1 Å². The van der Waals surface area contributed by atoms with E-state index in [1.807, 2.05) is 36.6 Å². The Labute approximate surface area is 199 Å². The lowest BCUT2D eigenvalue weighted by atomic mass is 10.2. The molecular formula is C23H23N5OS3. The number of aryl methyl sites for hydroxylation is 1. The maximum Gasteiger partial charge on any atom is 0.231 e. The summed E-state index contributed by atoms with van der Waals surface area (Å²) < 4.78 is 2.31. The molecule has 1 saturated carbocycles. The predicted octanol–water partition coefficient (Wildman–Crippen LogP) is 5.50. The molecule has 9 heteroatoms. The molecule has 1 aliphatic rings. The highest BCUT2D eigenvalue weighted by atomic mass is 32.2. The second-order valence-corrected chi connectivity index (χ2v) is 10.8. The lowest BCUT2D eigenvalue weighted by Gasteiger charge is -2.07. The van der Waals surface area contributed by atoms with Gasteiger partial charge in [0.2, 0.25) is 5.91 Å². The minimum atomic E-state index is -0.0471. The van der Waals surface area contributed by atoms with Crippen LogP contribution in [0.4, 0.5) is 5.69 Å². The first kappa shape index (κ1) is 21.4. The fourth-order valence-electron chi connectivity index (χ4n) is 3.41. The van der Waals surface area contributed by atoms with Gasteiger partial charge in [0.1, 0.15) is 10.8 Å². The number of rotatable bonds is 9. The zero-order chi connectivity index (χ0) is 21.9.